The van der Waals surface area contributed by atoms with Crippen molar-refractivity contribution in [3.8, 4) is 0 Å². The van der Waals surface area contributed by atoms with Crippen LogP contribution >= 0.6 is 0 Å². The van der Waals surface area contributed by atoms with Gasteiger partial charge in [0.25, 0.3) is 17.7 Å². The predicted octanol–water partition coefficient (Wildman–Crippen LogP) is -1.65. The Morgan fingerprint density at radius 1 is 0.459 bits per heavy atom. The second-order valence-electron chi connectivity index (χ2n) is 21.2. The molecule has 30 heteroatoms. The Morgan fingerprint density at radius 2 is 0.788 bits per heavy atom. The summed E-state index contributed by atoms with van der Waals surface area (Å²) in [5.74, 6) is -1.94. The summed E-state index contributed by atoms with van der Waals surface area (Å²) in [7, 11) is 0. The molecule has 2 aliphatic rings. The van der Waals surface area contributed by atoms with E-state index in [0.29, 0.717) is 78.1 Å². The van der Waals surface area contributed by atoms with Crippen molar-refractivity contribution in [3.05, 3.63) is 71.0 Å². The van der Waals surface area contributed by atoms with Crippen molar-refractivity contribution in [1.29, 1.82) is 0 Å². The molecule has 2 aliphatic heterocycles. The maximum atomic E-state index is 14.9. The van der Waals surface area contributed by atoms with E-state index in [1.807, 2.05) is 0 Å². The smallest absolute Gasteiger partial charge is 0.317 e. The lowest BCUT2D eigenvalue weighted by Crippen LogP contribution is -2.57. The Balaban J connectivity index is 1.22. The standard InChI is InChI=1S/C55H78N14O16/c56-69(45(37-70)68-20-8-19-66(35-50(80)81)26-25-65(34-49(78)79)17-7-18-67(27-28-68)36-51(82)83)55(85)53-41(39-10-2-4-12-43(39)58-53)29-40-38-9-1-3-11-42(38)57-52(40)54(84)60-59-44(71)30-61-13-5-14-63(32-47(74)75)23-24-64(33-48(76)77)16-6-15-62(22-21-61)31-46(72)73/h1-4,9-12,37,45,57-58H,5-8,13-36,56H2,(H,59,71)(H,60,84)(H,72,73)(H,74,75)(H,76,77)(H,78,79)(H,80,81)(H,82,83). The molecule has 2 aromatic heterocycles. The number of carboxylic acid groups (broad SMARTS) is 6. The van der Waals surface area contributed by atoms with Crippen LogP contribution in [0.5, 0.6) is 0 Å². The summed E-state index contributed by atoms with van der Waals surface area (Å²) < 4.78 is 0. The summed E-state index contributed by atoms with van der Waals surface area (Å²) in [4.78, 5) is 147. The number of hydrogen-bond acceptors (Lipinski definition) is 19. The summed E-state index contributed by atoms with van der Waals surface area (Å²) in [5, 5.41) is 59.9. The lowest BCUT2D eigenvalue weighted by molar-refractivity contribution is -0.140. The van der Waals surface area contributed by atoms with Gasteiger partial charge >= 0.3 is 35.8 Å². The molecule has 464 valence electrons. The molecule has 12 N–H and O–H groups in total. The number of nitrogens with zero attached hydrogens (tertiary/aromatic N) is 9. The number of fused-ring (bicyclic) bond motifs is 2. The van der Waals surface area contributed by atoms with Crippen molar-refractivity contribution in [2.24, 2.45) is 5.84 Å². The van der Waals surface area contributed by atoms with Crippen molar-refractivity contribution in [3.63, 3.8) is 0 Å². The van der Waals surface area contributed by atoms with E-state index < -0.39 is 59.7 Å². The highest BCUT2D eigenvalue weighted by molar-refractivity contribution is 6.05. The van der Waals surface area contributed by atoms with Gasteiger partial charge in [0.05, 0.1) is 45.8 Å². The number of nitrogens with one attached hydrogen (secondary N) is 4. The average Bonchev–Trinajstić information content (AvgIpc) is 1.81. The third-order valence-corrected chi connectivity index (χ3v) is 14.9. The number of hydrogen-bond donors (Lipinski definition) is 11. The molecule has 3 amide bonds. The van der Waals surface area contributed by atoms with Crippen molar-refractivity contribution in [1.82, 2.24) is 65.0 Å². The second kappa shape index (κ2) is 32.9. The fraction of sp³-hybridized carbons (Fsp3) is 0.527. The van der Waals surface area contributed by atoms with E-state index in [1.165, 1.54) is 0 Å². The van der Waals surface area contributed by atoms with Gasteiger partial charge < -0.3 is 40.6 Å². The molecule has 1 atom stereocenters. The third kappa shape index (κ3) is 21.0. The summed E-state index contributed by atoms with van der Waals surface area (Å²) >= 11 is 0. The largest absolute Gasteiger partial charge is 0.480 e. The fourth-order valence-electron chi connectivity index (χ4n) is 10.9. The van der Waals surface area contributed by atoms with Gasteiger partial charge in [-0.3, -0.25) is 103 Å². The van der Waals surface area contributed by atoms with Crippen LogP contribution in [0.25, 0.3) is 21.8 Å². The number of aromatic amines is 2. The van der Waals surface area contributed by atoms with Gasteiger partial charge in [-0.1, -0.05) is 36.4 Å². The minimum Gasteiger partial charge on any atom is -0.480 e. The van der Waals surface area contributed by atoms with Gasteiger partial charge in [-0.05, 0) is 55.5 Å². The first-order chi connectivity index (χ1) is 40.7. The Kier molecular flexibility index (Phi) is 25.7. The first kappa shape index (κ1) is 66.2. The molecule has 0 radical (unpaired) electrons. The topological polar surface area (TPSA) is 403 Å². The molecule has 30 nitrogen and oxygen atoms in total. The number of H-pyrrole nitrogens is 2. The maximum Gasteiger partial charge on any atom is 0.317 e. The van der Waals surface area contributed by atoms with Gasteiger partial charge in [0.2, 0.25) is 0 Å². The van der Waals surface area contributed by atoms with Crippen molar-refractivity contribution in [2.45, 2.75) is 38.3 Å². The van der Waals surface area contributed by atoms with Crippen LogP contribution < -0.4 is 16.7 Å². The number of aliphatic carboxylic acids is 6. The number of carbonyl (C=O) groups is 10. The monoisotopic (exact) mass is 1190 g/mol. The molecule has 4 aromatic rings. The number of rotatable bonds is 21. The summed E-state index contributed by atoms with van der Waals surface area (Å²) in [5.41, 5.74) is 6.91. The number of carbonyl (C=O) groups excluding carboxylic acids is 4. The SMILES string of the molecule is NN(C(=O)c1[nH]c2ccccc2c1Cc1c(C(=O)NNC(=O)CN2CCCN(CC(=O)O)CCN(CC(=O)O)CCCN(CC(=O)O)CC2)[nH]c2ccccc12)C(C=O)N1CCCN(CC(=O)O)CCN(CC(=O)O)CCCN(CC(=O)O)CC1. The molecule has 2 saturated heterocycles. The van der Waals surface area contributed by atoms with E-state index in [9.17, 15) is 78.6 Å². The fourth-order valence-corrected chi connectivity index (χ4v) is 10.9. The number of para-hydroxylation sites is 2. The number of nitrogens with two attached hydrogens (primary N) is 1. The van der Waals surface area contributed by atoms with Crippen molar-refractivity contribution in [2.75, 3.05) is 151 Å². The van der Waals surface area contributed by atoms with Gasteiger partial charge in [0.15, 0.2) is 12.5 Å². The molecule has 0 bridgehead atoms. The number of benzene rings is 2. The van der Waals surface area contributed by atoms with Gasteiger partial charge in [-0.2, -0.15) is 0 Å². The number of aldehydes is 1. The zero-order valence-electron chi connectivity index (χ0n) is 47.4. The van der Waals surface area contributed by atoms with Crippen LogP contribution in [0.2, 0.25) is 0 Å². The van der Waals surface area contributed by atoms with Crippen LogP contribution in [0.15, 0.2) is 48.5 Å². The van der Waals surface area contributed by atoms with E-state index in [4.69, 9.17) is 5.84 Å². The van der Waals surface area contributed by atoms with E-state index in [2.05, 4.69) is 20.8 Å². The van der Waals surface area contributed by atoms with Gasteiger partial charge in [-0.15, -0.1) is 0 Å². The zero-order valence-corrected chi connectivity index (χ0v) is 47.4. The average molecular weight is 1190 g/mol. The lowest BCUT2D eigenvalue weighted by atomic mass is 9.98. The van der Waals surface area contributed by atoms with E-state index in [1.54, 1.807) is 87.7 Å². The molecule has 1 unspecified atom stereocenters. The van der Waals surface area contributed by atoms with Crippen molar-refractivity contribution >= 4 is 81.6 Å². The first-order valence-corrected chi connectivity index (χ1v) is 28.1. The van der Waals surface area contributed by atoms with Crippen LogP contribution in [0, 0.1) is 0 Å². The third-order valence-electron chi connectivity index (χ3n) is 14.9. The van der Waals surface area contributed by atoms with E-state index in [0.717, 1.165) is 5.01 Å². The summed E-state index contributed by atoms with van der Waals surface area (Å²) in [6.45, 7) is 1.38. The van der Waals surface area contributed by atoms with Crippen LogP contribution in [0.1, 0.15) is 57.8 Å². The predicted molar refractivity (Wildman–Crippen MR) is 306 cm³/mol. The van der Waals surface area contributed by atoms with Gasteiger partial charge in [0, 0.05) is 126 Å². The normalized spacial score (nSPS) is 17.9. The van der Waals surface area contributed by atoms with Gasteiger partial charge in [0.1, 0.15) is 11.4 Å². The van der Waals surface area contributed by atoms with Crippen molar-refractivity contribution < 1.29 is 78.6 Å². The minimum absolute atomic E-state index is 0.0148. The molecule has 0 spiro atoms. The summed E-state index contributed by atoms with van der Waals surface area (Å²) in [6.07, 6.45) is 0.439. The van der Waals surface area contributed by atoms with Crippen LogP contribution in [-0.2, 0) is 44.8 Å². The van der Waals surface area contributed by atoms with E-state index in [-0.39, 0.29) is 155 Å². The first-order valence-electron chi connectivity index (χ1n) is 28.1. The molecule has 0 aliphatic carbocycles. The Morgan fingerprint density at radius 3 is 1.16 bits per heavy atom. The minimum atomic E-state index is -1.42. The number of carboxylic acids is 6. The molecule has 85 heavy (non-hydrogen) atoms. The van der Waals surface area contributed by atoms with Crippen LogP contribution in [0.3, 0.4) is 0 Å². The molecule has 2 aromatic carbocycles. The molecule has 2 fully saturated rings. The van der Waals surface area contributed by atoms with Crippen LogP contribution in [0.4, 0.5) is 0 Å². The molecular weight excluding hydrogens is 1110 g/mol. The number of aromatic nitrogens is 2. The maximum absolute atomic E-state index is 14.9. The Bertz CT molecular complexity index is 2970. The Labute approximate surface area is 489 Å². The van der Waals surface area contributed by atoms with Gasteiger partial charge in [-0.25, -0.2) is 5.84 Å². The van der Waals surface area contributed by atoms with Crippen LogP contribution in [-0.4, -0.2) is 301 Å². The zero-order chi connectivity index (χ0) is 61.6. The molecule has 6 rings (SSSR count). The number of hydrazine groups is 2. The lowest BCUT2D eigenvalue weighted by Gasteiger charge is -2.36. The highest BCUT2D eigenvalue weighted by Crippen LogP contribution is 2.31. The Hall–Kier alpha value is -7.94. The highest BCUT2D eigenvalue weighted by atomic mass is 16.4. The molecule has 4 heterocycles. The second-order valence-corrected chi connectivity index (χ2v) is 21.2. The quantitative estimate of drug-likeness (QED) is 0.0193. The number of amides is 3. The van der Waals surface area contributed by atoms with E-state index >= 15 is 0 Å². The molecule has 0 saturated carbocycles. The molecular formula is C55H78N14O16. The summed E-state index contributed by atoms with van der Waals surface area (Å²) in [6, 6.07) is 14.1. The highest BCUT2D eigenvalue weighted by Gasteiger charge is 2.33.